The summed E-state index contributed by atoms with van der Waals surface area (Å²) in [5.41, 5.74) is 5.88. The van der Waals surface area contributed by atoms with E-state index in [-0.39, 0.29) is 24.5 Å². The summed E-state index contributed by atoms with van der Waals surface area (Å²) in [5.74, 6) is -0.299. The number of hydrazine groups is 1. The van der Waals surface area contributed by atoms with Crippen LogP contribution in [0, 0.1) is 0 Å². The van der Waals surface area contributed by atoms with Crippen LogP contribution in [0.15, 0.2) is 42.5 Å². The van der Waals surface area contributed by atoms with Crippen molar-refractivity contribution in [2.45, 2.75) is 44.6 Å². The Morgan fingerprint density at radius 2 is 1.69 bits per heavy atom. The van der Waals surface area contributed by atoms with E-state index in [1.165, 1.54) is 12.8 Å². The van der Waals surface area contributed by atoms with Gasteiger partial charge in [-0.1, -0.05) is 49.2 Å². The Hall–Kier alpha value is -2.47. The average Bonchev–Trinajstić information content (AvgIpc) is 3.17. The largest absolute Gasteiger partial charge is 0.359 e. The second-order valence-electron chi connectivity index (χ2n) is 6.61. The van der Waals surface area contributed by atoms with Crippen molar-refractivity contribution < 1.29 is 9.59 Å². The van der Waals surface area contributed by atoms with Crippen LogP contribution in [-0.4, -0.2) is 22.8 Å². The van der Waals surface area contributed by atoms with Gasteiger partial charge in [0.1, 0.15) is 0 Å². The second kappa shape index (κ2) is 8.76. The monoisotopic (exact) mass is 369 g/mol. The lowest BCUT2D eigenvalue weighted by Crippen LogP contribution is -2.49. The number of rotatable bonds is 5. The molecule has 3 N–H and O–H groups in total. The molecule has 2 aromatic rings. The molecular weight excluding hydrogens is 346 g/mol. The van der Waals surface area contributed by atoms with E-state index >= 15 is 0 Å². The number of Topliss-reactive ketones (excluding diaryl/α,β-unsaturated/α-hetero) is 1. The lowest BCUT2D eigenvalue weighted by atomic mass is 10.0. The fraction of sp³-hybridized carbons (Fsp3) is 0.350. The smallest absolute Gasteiger partial charge is 0.238 e. The summed E-state index contributed by atoms with van der Waals surface area (Å²) < 4.78 is 0. The number of thiocarbonyl (C=S) groups is 1. The number of ketones is 1. The standard InChI is InChI=1S/C20H23N3O2S/c24-18(16-10-9-14-5-1-2-6-15(14)13-16)11-12-19(25)22-23-20(26)21-17-7-3-4-8-17/h1-2,5-6,9-10,13,17H,3-4,7-8,11-12H2,(H,22,25)(H2,21,23,26). The summed E-state index contributed by atoms with van der Waals surface area (Å²) in [6.45, 7) is 0. The normalized spacial score (nSPS) is 14.2. The van der Waals surface area contributed by atoms with Crippen molar-refractivity contribution >= 4 is 39.8 Å². The predicted octanol–water partition coefficient (Wildman–Crippen LogP) is 3.24. The highest BCUT2D eigenvalue weighted by molar-refractivity contribution is 7.80. The van der Waals surface area contributed by atoms with Crippen molar-refractivity contribution in [2.24, 2.45) is 0 Å². The molecule has 3 rings (SSSR count). The van der Waals surface area contributed by atoms with E-state index in [4.69, 9.17) is 12.2 Å². The van der Waals surface area contributed by atoms with Gasteiger partial charge in [-0.2, -0.15) is 0 Å². The van der Waals surface area contributed by atoms with Crippen molar-refractivity contribution in [3.63, 3.8) is 0 Å². The topological polar surface area (TPSA) is 70.2 Å². The number of carbonyl (C=O) groups is 2. The summed E-state index contributed by atoms with van der Waals surface area (Å²) in [7, 11) is 0. The minimum atomic E-state index is -0.255. The van der Waals surface area contributed by atoms with Gasteiger partial charge in [0, 0.05) is 24.4 Å². The molecule has 0 radical (unpaired) electrons. The van der Waals surface area contributed by atoms with E-state index < -0.39 is 0 Å². The maximum absolute atomic E-state index is 12.3. The zero-order valence-electron chi connectivity index (χ0n) is 14.6. The Morgan fingerprint density at radius 3 is 2.46 bits per heavy atom. The highest BCUT2D eigenvalue weighted by Gasteiger charge is 2.15. The number of carbonyl (C=O) groups excluding carboxylic acids is 2. The molecule has 0 unspecified atom stereocenters. The molecule has 0 bridgehead atoms. The molecule has 1 aliphatic carbocycles. The third-order valence-electron chi connectivity index (χ3n) is 4.66. The summed E-state index contributed by atoms with van der Waals surface area (Å²) in [4.78, 5) is 24.2. The van der Waals surface area contributed by atoms with Gasteiger partial charge in [-0.15, -0.1) is 0 Å². The van der Waals surface area contributed by atoms with Gasteiger partial charge in [0.05, 0.1) is 0 Å². The fourth-order valence-electron chi connectivity index (χ4n) is 3.21. The minimum absolute atomic E-state index is 0.0439. The third-order valence-corrected chi connectivity index (χ3v) is 4.88. The Balaban J connectivity index is 1.42. The Morgan fingerprint density at radius 1 is 0.962 bits per heavy atom. The van der Waals surface area contributed by atoms with E-state index in [0.717, 1.165) is 23.6 Å². The molecule has 26 heavy (non-hydrogen) atoms. The SMILES string of the molecule is O=C(CCC(=O)c1ccc2ccccc2c1)NNC(=S)NC1CCCC1. The number of benzene rings is 2. The Labute approximate surface area is 158 Å². The van der Waals surface area contributed by atoms with Crippen molar-refractivity contribution in [2.75, 3.05) is 0 Å². The number of hydrogen-bond donors (Lipinski definition) is 3. The van der Waals surface area contributed by atoms with Crippen LogP contribution in [0.1, 0.15) is 48.9 Å². The first-order valence-electron chi connectivity index (χ1n) is 8.99. The number of hydrogen-bond acceptors (Lipinski definition) is 3. The third kappa shape index (κ3) is 5.02. The van der Waals surface area contributed by atoms with Crippen molar-refractivity contribution in [1.29, 1.82) is 0 Å². The molecular formula is C20H23N3O2S. The molecule has 6 heteroatoms. The van der Waals surface area contributed by atoms with Crippen LogP contribution in [0.25, 0.3) is 10.8 Å². The Bertz CT molecular complexity index is 816. The second-order valence-corrected chi connectivity index (χ2v) is 7.02. The van der Waals surface area contributed by atoms with Crippen LogP contribution in [0.2, 0.25) is 0 Å². The van der Waals surface area contributed by atoms with E-state index in [1.807, 2.05) is 42.5 Å². The molecule has 1 amide bonds. The van der Waals surface area contributed by atoms with Gasteiger partial charge in [0.2, 0.25) is 5.91 Å². The predicted molar refractivity (Wildman–Crippen MR) is 107 cm³/mol. The maximum atomic E-state index is 12.3. The van der Waals surface area contributed by atoms with Crippen LogP contribution in [0.3, 0.4) is 0 Å². The molecule has 0 aromatic heterocycles. The average molecular weight is 369 g/mol. The number of nitrogens with one attached hydrogen (secondary N) is 3. The molecule has 1 aliphatic rings. The van der Waals surface area contributed by atoms with Crippen LogP contribution < -0.4 is 16.2 Å². The van der Waals surface area contributed by atoms with Gasteiger partial charge in [-0.05, 0) is 41.9 Å². The van der Waals surface area contributed by atoms with Gasteiger partial charge in [0.25, 0.3) is 0 Å². The summed E-state index contributed by atoms with van der Waals surface area (Å²) >= 11 is 5.16. The van der Waals surface area contributed by atoms with Gasteiger partial charge in [0.15, 0.2) is 10.9 Å². The molecule has 5 nitrogen and oxygen atoms in total. The molecule has 136 valence electrons. The maximum Gasteiger partial charge on any atom is 0.238 e. The van der Waals surface area contributed by atoms with Crippen LogP contribution >= 0.6 is 12.2 Å². The lowest BCUT2D eigenvalue weighted by Gasteiger charge is -2.16. The summed E-state index contributed by atoms with van der Waals surface area (Å²) in [6.07, 6.45) is 4.92. The fourth-order valence-corrected chi connectivity index (χ4v) is 3.43. The van der Waals surface area contributed by atoms with Crippen molar-refractivity contribution in [3.05, 3.63) is 48.0 Å². The van der Waals surface area contributed by atoms with Crippen LogP contribution in [0.4, 0.5) is 0 Å². The lowest BCUT2D eigenvalue weighted by molar-refractivity contribution is -0.121. The summed E-state index contributed by atoms with van der Waals surface area (Å²) in [5, 5.41) is 5.72. The van der Waals surface area contributed by atoms with Crippen molar-refractivity contribution in [3.8, 4) is 0 Å². The molecule has 1 saturated carbocycles. The van der Waals surface area contributed by atoms with Crippen LogP contribution in [-0.2, 0) is 4.79 Å². The van der Waals surface area contributed by atoms with E-state index in [2.05, 4.69) is 16.2 Å². The first kappa shape index (κ1) is 18.3. The molecule has 1 fully saturated rings. The molecule has 0 aliphatic heterocycles. The molecule has 0 spiro atoms. The highest BCUT2D eigenvalue weighted by Crippen LogP contribution is 2.18. The van der Waals surface area contributed by atoms with E-state index in [0.29, 0.717) is 16.7 Å². The molecule has 0 saturated heterocycles. The zero-order valence-corrected chi connectivity index (χ0v) is 15.4. The molecule has 2 aromatic carbocycles. The minimum Gasteiger partial charge on any atom is -0.359 e. The van der Waals surface area contributed by atoms with E-state index in [1.54, 1.807) is 0 Å². The van der Waals surface area contributed by atoms with Gasteiger partial charge in [-0.25, -0.2) is 0 Å². The molecule has 0 heterocycles. The first-order valence-corrected chi connectivity index (χ1v) is 9.40. The van der Waals surface area contributed by atoms with Crippen molar-refractivity contribution in [1.82, 2.24) is 16.2 Å². The Kier molecular flexibility index (Phi) is 6.17. The first-order chi connectivity index (χ1) is 12.6. The number of fused-ring (bicyclic) bond motifs is 1. The van der Waals surface area contributed by atoms with Gasteiger partial charge < -0.3 is 5.32 Å². The number of amides is 1. The van der Waals surface area contributed by atoms with E-state index in [9.17, 15) is 9.59 Å². The van der Waals surface area contributed by atoms with Gasteiger partial charge >= 0.3 is 0 Å². The summed E-state index contributed by atoms with van der Waals surface area (Å²) in [6, 6.07) is 13.9. The molecule has 0 atom stereocenters. The quantitative estimate of drug-likeness (QED) is 0.429. The highest BCUT2D eigenvalue weighted by atomic mass is 32.1. The van der Waals surface area contributed by atoms with Gasteiger partial charge in [-0.3, -0.25) is 20.4 Å². The zero-order chi connectivity index (χ0) is 18.4. The van der Waals surface area contributed by atoms with Crippen LogP contribution in [0.5, 0.6) is 0 Å².